The molecular formula is C22H27NO8. The SMILES string of the molecule is Cc1cc(OC2O[C@H](C(=O)O)[C@@H](O)[C@H](O)[C@H]2O)ccc1O[C@H](CCN)c1ccccc1. The van der Waals surface area contributed by atoms with Gasteiger partial charge >= 0.3 is 5.97 Å². The van der Waals surface area contributed by atoms with E-state index < -0.39 is 36.7 Å². The summed E-state index contributed by atoms with van der Waals surface area (Å²) in [4.78, 5) is 11.2. The van der Waals surface area contributed by atoms with Gasteiger partial charge in [0.15, 0.2) is 6.10 Å². The van der Waals surface area contributed by atoms with Crippen LogP contribution in [0.4, 0.5) is 0 Å². The Morgan fingerprint density at radius 3 is 2.42 bits per heavy atom. The Labute approximate surface area is 179 Å². The lowest BCUT2D eigenvalue weighted by molar-refractivity contribution is -0.271. The van der Waals surface area contributed by atoms with E-state index in [1.807, 2.05) is 37.3 Å². The van der Waals surface area contributed by atoms with E-state index in [0.29, 0.717) is 18.7 Å². The molecule has 0 spiro atoms. The monoisotopic (exact) mass is 433 g/mol. The third kappa shape index (κ3) is 5.33. The first kappa shape index (κ1) is 23.0. The molecule has 1 heterocycles. The van der Waals surface area contributed by atoms with E-state index in [4.69, 9.17) is 25.1 Å². The molecule has 0 saturated carbocycles. The maximum Gasteiger partial charge on any atom is 0.335 e. The molecule has 1 aliphatic rings. The molecule has 0 amide bonds. The fourth-order valence-electron chi connectivity index (χ4n) is 3.38. The van der Waals surface area contributed by atoms with Crippen molar-refractivity contribution in [2.24, 2.45) is 5.73 Å². The van der Waals surface area contributed by atoms with Crippen molar-refractivity contribution in [1.29, 1.82) is 0 Å². The number of aliphatic carboxylic acids is 1. The smallest absolute Gasteiger partial charge is 0.335 e. The number of carboxylic acid groups (broad SMARTS) is 1. The van der Waals surface area contributed by atoms with Crippen LogP contribution >= 0.6 is 0 Å². The number of carbonyl (C=O) groups is 1. The van der Waals surface area contributed by atoms with Crippen LogP contribution in [0.15, 0.2) is 48.5 Å². The van der Waals surface area contributed by atoms with Crippen LogP contribution in [-0.2, 0) is 9.53 Å². The molecule has 0 aromatic heterocycles. The zero-order chi connectivity index (χ0) is 22.5. The van der Waals surface area contributed by atoms with Crippen molar-refractivity contribution in [1.82, 2.24) is 0 Å². The molecule has 168 valence electrons. The van der Waals surface area contributed by atoms with E-state index in [0.717, 1.165) is 11.1 Å². The predicted molar refractivity (Wildman–Crippen MR) is 110 cm³/mol. The van der Waals surface area contributed by atoms with Crippen LogP contribution < -0.4 is 15.2 Å². The Hall–Kier alpha value is -2.69. The molecule has 1 aliphatic heterocycles. The summed E-state index contributed by atoms with van der Waals surface area (Å²) in [7, 11) is 0. The second kappa shape index (κ2) is 10.1. The van der Waals surface area contributed by atoms with E-state index in [1.165, 1.54) is 0 Å². The lowest BCUT2D eigenvalue weighted by Crippen LogP contribution is -2.61. The summed E-state index contributed by atoms with van der Waals surface area (Å²) >= 11 is 0. The molecule has 0 aliphatic carbocycles. The van der Waals surface area contributed by atoms with Crippen LogP contribution in [0.1, 0.15) is 23.7 Å². The Morgan fingerprint density at radius 1 is 1.10 bits per heavy atom. The Kier molecular flexibility index (Phi) is 7.47. The highest BCUT2D eigenvalue weighted by Gasteiger charge is 2.48. The minimum absolute atomic E-state index is 0.229. The van der Waals surface area contributed by atoms with Crippen molar-refractivity contribution in [3.63, 3.8) is 0 Å². The Balaban J connectivity index is 1.73. The molecule has 3 rings (SSSR count). The van der Waals surface area contributed by atoms with Crippen molar-refractivity contribution in [2.45, 2.75) is 50.2 Å². The highest BCUT2D eigenvalue weighted by molar-refractivity contribution is 5.73. The molecular weight excluding hydrogens is 406 g/mol. The summed E-state index contributed by atoms with van der Waals surface area (Å²) in [6.07, 6.45) is -7.94. The quantitative estimate of drug-likeness (QED) is 0.406. The molecule has 6 N–H and O–H groups in total. The number of carboxylic acids is 1. The second-order valence-corrected chi connectivity index (χ2v) is 7.37. The Bertz CT molecular complexity index is 877. The van der Waals surface area contributed by atoms with E-state index in [9.17, 15) is 20.1 Å². The topological polar surface area (TPSA) is 152 Å². The number of aryl methyl sites for hydroxylation is 1. The molecule has 1 unspecified atom stereocenters. The number of hydrogen-bond acceptors (Lipinski definition) is 8. The number of nitrogens with two attached hydrogens (primary N) is 1. The number of rotatable bonds is 8. The Morgan fingerprint density at radius 2 is 1.81 bits per heavy atom. The normalized spacial score (nSPS) is 26.8. The largest absolute Gasteiger partial charge is 0.485 e. The highest BCUT2D eigenvalue weighted by Crippen LogP contribution is 2.31. The lowest BCUT2D eigenvalue weighted by atomic mass is 9.99. The first-order valence-electron chi connectivity index (χ1n) is 9.93. The van der Waals surface area contributed by atoms with E-state index in [-0.39, 0.29) is 11.9 Å². The van der Waals surface area contributed by atoms with Crippen molar-refractivity contribution < 1.29 is 39.4 Å². The fourth-order valence-corrected chi connectivity index (χ4v) is 3.38. The van der Waals surface area contributed by atoms with Gasteiger partial charge in [-0.05, 0) is 42.8 Å². The van der Waals surface area contributed by atoms with Gasteiger partial charge in [-0.1, -0.05) is 30.3 Å². The van der Waals surface area contributed by atoms with Gasteiger partial charge < -0.3 is 40.4 Å². The number of aliphatic hydroxyl groups is 3. The molecule has 1 fully saturated rings. The summed E-state index contributed by atoms with van der Waals surface area (Å²) in [6, 6.07) is 14.6. The van der Waals surface area contributed by atoms with Crippen LogP contribution in [0, 0.1) is 6.92 Å². The van der Waals surface area contributed by atoms with Crippen LogP contribution in [0.5, 0.6) is 11.5 Å². The fraction of sp³-hybridized carbons (Fsp3) is 0.409. The van der Waals surface area contributed by atoms with Gasteiger partial charge in [0.1, 0.15) is 35.9 Å². The van der Waals surface area contributed by atoms with Crippen LogP contribution in [0.2, 0.25) is 0 Å². The van der Waals surface area contributed by atoms with Gasteiger partial charge in [-0.3, -0.25) is 0 Å². The molecule has 2 aromatic carbocycles. The average Bonchev–Trinajstić information content (AvgIpc) is 2.75. The first-order valence-corrected chi connectivity index (χ1v) is 9.93. The number of benzene rings is 2. The third-order valence-corrected chi connectivity index (χ3v) is 5.08. The third-order valence-electron chi connectivity index (χ3n) is 5.08. The molecule has 0 bridgehead atoms. The maximum atomic E-state index is 11.2. The number of ether oxygens (including phenoxy) is 3. The van der Waals surface area contributed by atoms with E-state index in [2.05, 4.69) is 0 Å². The first-order chi connectivity index (χ1) is 14.8. The van der Waals surface area contributed by atoms with Gasteiger partial charge in [0.2, 0.25) is 6.29 Å². The number of hydrogen-bond donors (Lipinski definition) is 5. The van der Waals surface area contributed by atoms with Crippen molar-refractivity contribution >= 4 is 5.97 Å². The molecule has 0 radical (unpaired) electrons. The minimum atomic E-state index is -1.78. The molecule has 1 saturated heterocycles. The highest BCUT2D eigenvalue weighted by atomic mass is 16.7. The summed E-state index contributed by atoms with van der Waals surface area (Å²) in [5.41, 5.74) is 7.47. The van der Waals surface area contributed by atoms with Crippen molar-refractivity contribution in [3.05, 3.63) is 59.7 Å². The van der Waals surface area contributed by atoms with Gasteiger partial charge in [-0.2, -0.15) is 0 Å². The standard InChI is InChI=1S/C22H27NO8/c1-12-11-14(29-22-19(26)17(24)18(25)20(31-22)21(27)28)7-8-15(12)30-16(9-10-23)13-5-3-2-4-6-13/h2-8,11,16-20,22,24-26H,9-10,23H2,1H3,(H,27,28)/t16-,17+,18+,19-,20+,22?/m1/s1. The molecule has 9 nitrogen and oxygen atoms in total. The van der Waals surface area contributed by atoms with Crippen LogP contribution in [0.25, 0.3) is 0 Å². The van der Waals surface area contributed by atoms with Gasteiger partial charge in [-0.15, -0.1) is 0 Å². The van der Waals surface area contributed by atoms with Crippen molar-refractivity contribution in [3.8, 4) is 11.5 Å². The van der Waals surface area contributed by atoms with E-state index in [1.54, 1.807) is 18.2 Å². The zero-order valence-electron chi connectivity index (χ0n) is 17.0. The zero-order valence-corrected chi connectivity index (χ0v) is 17.0. The maximum absolute atomic E-state index is 11.2. The lowest BCUT2D eigenvalue weighted by Gasteiger charge is -2.38. The van der Waals surface area contributed by atoms with E-state index >= 15 is 0 Å². The summed E-state index contributed by atoms with van der Waals surface area (Å²) in [5, 5.41) is 38.9. The number of aliphatic hydroxyl groups excluding tert-OH is 3. The average molecular weight is 433 g/mol. The minimum Gasteiger partial charge on any atom is -0.485 e. The summed E-state index contributed by atoms with van der Waals surface area (Å²) < 4.78 is 16.9. The molecule has 31 heavy (non-hydrogen) atoms. The van der Waals surface area contributed by atoms with Gasteiger partial charge in [-0.25, -0.2) is 4.79 Å². The van der Waals surface area contributed by atoms with Crippen LogP contribution in [0.3, 0.4) is 0 Å². The van der Waals surface area contributed by atoms with Crippen molar-refractivity contribution in [2.75, 3.05) is 6.54 Å². The summed E-state index contributed by atoms with van der Waals surface area (Å²) in [5.74, 6) is -0.589. The van der Waals surface area contributed by atoms with Gasteiger partial charge in [0.25, 0.3) is 0 Å². The second-order valence-electron chi connectivity index (χ2n) is 7.37. The van der Waals surface area contributed by atoms with Crippen LogP contribution in [-0.4, -0.2) is 63.6 Å². The molecule has 6 atom stereocenters. The predicted octanol–water partition coefficient (Wildman–Crippen LogP) is 0.735. The summed E-state index contributed by atoms with van der Waals surface area (Å²) in [6.45, 7) is 2.26. The van der Waals surface area contributed by atoms with Gasteiger partial charge in [0.05, 0.1) is 0 Å². The van der Waals surface area contributed by atoms with Gasteiger partial charge in [0, 0.05) is 6.42 Å². The molecule has 9 heteroatoms. The molecule has 2 aromatic rings.